The zero-order chi connectivity index (χ0) is 24.2. The standard InChI is InChI=1S/C28H30N6O/c1-20-7-8-21(2)25(17-20)30-27(35)19-33-13-15-34(16-14-33)28-24-6-4-3-5-23(24)26(31-32-28)18-22-9-11-29-12-10-22/h3-12,17H,13-16,18-19H2,1-2H3,(H,30,35). The Morgan fingerprint density at radius 1 is 0.914 bits per heavy atom. The molecule has 0 aliphatic carbocycles. The Kier molecular flexibility index (Phi) is 6.68. The van der Waals surface area contributed by atoms with Crippen molar-refractivity contribution in [3.05, 3.63) is 89.4 Å². The number of hydrogen-bond acceptors (Lipinski definition) is 6. The molecule has 7 heteroatoms. The summed E-state index contributed by atoms with van der Waals surface area (Å²) in [6, 6.07) is 18.5. The van der Waals surface area contributed by atoms with Crippen LogP contribution in [0.25, 0.3) is 10.8 Å². The number of nitrogens with zero attached hydrogens (tertiary/aromatic N) is 5. The Hall–Kier alpha value is -3.84. The average molecular weight is 467 g/mol. The number of aromatic nitrogens is 3. The van der Waals surface area contributed by atoms with E-state index in [9.17, 15) is 4.79 Å². The molecule has 3 heterocycles. The van der Waals surface area contributed by atoms with Crippen LogP contribution in [0.15, 0.2) is 67.0 Å². The Bertz CT molecular complexity index is 1330. The van der Waals surface area contributed by atoms with Gasteiger partial charge in [-0.15, -0.1) is 5.10 Å². The lowest BCUT2D eigenvalue weighted by Gasteiger charge is -2.35. The van der Waals surface area contributed by atoms with Crippen molar-refractivity contribution in [1.29, 1.82) is 0 Å². The monoisotopic (exact) mass is 466 g/mol. The molecule has 0 bridgehead atoms. The summed E-state index contributed by atoms with van der Waals surface area (Å²) in [6.45, 7) is 7.65. The molecule has 0 radical (unpaired) electrons. The highest BCUT2D eigenvalue weighted by Gasteiger charge is 2.22. The lowest BCUT2D eigenvalue weighted by atomic mass is 10.0. The highest BCUT2D eigenvalue weighted by Crippen LogP contribution is 2.28. The molecule has 0 spiro atoms. The Labute approximate surface area is 205 Å². The lowest BCUT2D eigenvalue weighted by Crippen LogP contribution is -2.49. The summed E-state index contributed by atoms with van der Waals surface area (Å²) in [5.41, 5.74) is 5.24. The van der Waals surface area contributed by atoms with E-state index in [-0.39, 0.29) is 5.91 Å². The number of aryl methyl sites for hydroxylation is 2. The van der Waals surface area contributed by atoms with Crippen LogP contribution < -0.4 is 10.2 Å². The van der Waals surface area contributed by atoms with Crippen LogP contribution in [-0.4, -0.2) is 58.7 Å². The van der Waals surface area contributed by atoms with Crippen molar-refractivity contribution in [2.45, 2.75) is 20.3 Å². The number of benzene rings is 2. The summed E-state index contributed by atoms with van der Waals surface area (Å²) in [5, 5.41) is 14.6. The molecule has 0 atom stereocenters. The molecular weight excluding hydrogens is 436 g/mol. The molecule has 1 N–H and O–H groups in total. The number of piperazine rings is 1. The van der Waals surface area contributed by atoms with Crippen LogP contribution in [-0.2, 0) is 11.2 Å². The molecule has 2 aromatic heterocycles. The maximum Gasteiger partial charge on any atom is 0.238 e. The maximum absolute atomic E-state index is 12.7. The molecule has 1 fully saturated rings. The van der Waals surface area contributed by atoms with E-state index in [1.54, 1.807) is 12.4 Å². The number of nitrogens with one attached hydrogen (secondary N) is 1. The van der Waals surface area contributed by atoms with Gasteiger partial charge in [-0.2, -0.15) is 5.10 Å². The second-order valence-electron chi connectivity index (χ2n) is 9.18. The minimum Gasteiger partial charge on any atom is -0.352 e. The number of carbonyl (C=O) groups excluding carboxylic acids is 1. The first-order chi connectivity index (χ1) is 17.1. The van der Waals surface area contributed by atoms with Gasteiger partial charge in [-0.25, -0.2) is 0 Å². The van der Waals surface area contributed by atoms with Crippen molar-refractivity contribution in [2.75, 3.05) is 42.9 Å². The van der Waals surface area contributed by atoms with Gasteiger partial charge in [0.15, 0.2) is 5.82 Å². The third-order valence-electron chi connectivity index (χ3n) is 6.57. The molecule has 178 valence electrons. The van der Waals surface area contributed by atoms with E-state index < -0.39 is 0 Å². The number of fused-ring (bicyclic) bond motifs is 1. The van der Waals surface area contributed by atoms with Gasteiger partial charge in [0, 0.05) is 61.5 Å². The molecule has 0 unspecified atom stereocenters. The van der Waals surface area contributed by atoms with Gasteiger partial charge in [0.1, 0.15) is 0 Å². The highest BCUT2D eigenvalue weighted by molar-refractivity contribution is 5.94. The average Bonchev–Trinajstić information content (AvgIpc) is 2.88. The van der Waals surface area contributed by atoms with Gasteiger partial charge in [-0.3, -0.25) is 14.7 Å². The zero-order valence-electron chi connectivity index (χ0n) is 20.2. The third kappa shape index (κ3) is 5.30. The number of hydrogen-bond donors (Lipinski definition) is 1. The Morgan fingerprint density at radius 2 is 1.66 bits per heavy atom. The molecule has 35 heavy (non-hydrogen) atoms. The molecule has 1 saturated heterocycles. The summed E-state index contributed by atoms with van der Waals surface area (Å²) in [6.07, 6.45) is 4.34. The van der Waals surface area contributed by atoms with Gasteiger partial charge < -0.3 is 10.2 Å². The van der Waals surface area contributed by atoms with Gasteiger partial charge in [-0.1, -0.05) is 36.4 Å². The first kappa shape index (κ1) is 22.9. The number of anilines is 2. The van der Waals surface area contributed by atoms with Gasteiger partial charge >= 0.3 is 0 Å². The summed E-state index contributed by atoms with van der Waals surface area (Å²) in [4.78, 5) is 21.3. The fraction of sp³-hybridized carbons (Fsp3) is 0.286. The predicted octanol–water partition coefficient (Wildman–Crippen LogP) is 3.99. The van der Waals surface area contributed by atoms with Crippen molar-refractivity contribution in [2.24, 2.45) is 0 Å². The van der Waals surface area contributed by atoms with Crippen molar-refractivity contribution in [3.63, 3.8) is 0 Å². The van der Waals surface area contributed by atoms with Crippen molar-refractivity contribution >= 4 is 28.2 Å². The molecule has 0 saturated carbocycles. The van der Waals surface area contributed by atoms with Crippen LogP contribution in [0.3, 0.4) is 0 Å². The minimum atomic E-state index is 0.0258. The van der Waals surface area contributed by atoms with Crippen LogP contribution in [0, 0.1) is 13.8 Å². The molecule has 1 aliphatic rings. The van der Waals surface area contributed by atoms with Gasteiger partial charge in [0.05, 0.1) is 12.2 Å². The Morgan fingerprint density at radius 3 is 2.43 bits per heavy atom. The van der Waals surface area contributed by atoms with Crippen molar-refractivity contribution in [3.8, 4) is 0 Å². The Balaban J connectivity index is 1.25. The van der Waals surface area contributed by atoms with E-state index >= 15 is 0 Å². The SMILES string of the molecule is Cc1ccc(C)c(NC(=O)CN2CCN(c3nnc(Cc4ccncc4)c4ccccc34)CC2)c1. The van der Waals surface area contributed by atoms with Crippen LogP contribution in [0.2, 0.25) is 0 Å². The lowest BCUT2D eigenvalue weighted by molar-refractivity contribution is -0.117. The quantitative estimate of drug-likeness (QED) is 0.463. The topological polar surface area (TPSA) is 74.2 Å². The van der Waals surface area contributed by atoms with Gasteiger partial charge in [0.25, 0.3) is 0 Å². The largest absolute Gasteiger partial charge is 0.352 e. The molecular formula is C28H30N6O. The van der Waals surface area contributed by atoms with E-state index in [0.717, 1.165) is 71.7 Å². The fourth-order valence-electron chi connectivity index (χ4n) is 4.58. The van der Waals surface area contributed by atoms with Crippen LogP contribution in [0.1, 0.15) is 22.4 Å². The summed E-state index contributed by atoms with van der Waals surface area (Å²) >= 11 is 0. The summed E-state index contributed by atoms with van der Waals surface area (Å²) in [5.74, 6) is 0.941. The number of rotatable bonds is 6. The highest BCUT2D eigenvalue weighted by atomic mass is 16.2. The molecule has 5 rings (SSSR count). The van der Waals surface area contributed by atoms with E-state index in [0.29, 0.717) is 6.54 Å². The zero-order valence-corrected chi connectivity index (χ0v) is 20.2. The van der Waals surface area contributed by atoms with E-state index in [1.807, 2.05) is 38.1 Å². The molecule has 7 nitrogen and oxygen atoms in total. The summed E-state index contributed by atoms with van der Waals surface area (Å²) < 4.78 is 0. The second-order valence-corrected chi connectivity index (χ2v) is 9.18. The fourth-order valence-corrected chi connectivity index (χ4v) is 4.58. The smallest absolute Gasteiger partial charge is 0.238 e. The molecule has 2 aromatic carbocycles. The molecule has 4 aromatic rings. The van der Waals surface area contributed by atoms with Crippen molar-refractivity contribution < 1.29 is 4.79 Å². The van der Waals surface area contributed by atoms with Crippen LogP contribution in [0.5, 0.6) is 0 Å². The number of amides is 1. The van der Waals surface area contributed by atoms with E-state index in [2.05, 4.69) is 60.6 Å². The van der Waals surface area contributed by atoms with Gasteiger partial charge in [-0.05, 0) is 48.7 Å². The molecule has 1 amide bonds. The van der Waals surface area contributed by atoms with Crippen molar-refractivity contribution in [1.82, 2.24) is 20.1 Å². The normalized spacial score (nSPS) is 14.3. The predicted molar refractivity (Wildman–Crippen MR) is 140 cm³/mol. The van der Waals surface area contributed by atoms with E-state index in [1.165, 1.54) is 5.56 Å². The second kappa shape index (κ2) is 10.2. The number of carbonyl (C=O) groups is 1. The number of pyridine rings is 1. The van der Waals surface area contributed by atoms with E-state index in [4.69, 9.17) is 0 Å². The van der Waals surface area contributed by atoms with Gasteiger partial charge in [0.2, 0.25) is 5.91 Å². The first-order valence-electron chi connectivity index (χ1n) is 12.0. The first-order valence-corrected chi connectivity index (χ1v) is 12.0. The minimum absolute atomic E-state index is 0.0258. The van der Waals surface area contributed by atoms with Crippen LogP contribution in [0.4, 0.5) is 11.5 Å². The molecule has 1 aliphatic heterocycles. The van der Waals surface area contributed by atoms with Crippen LogP contribution >= 0.6 is 0 Å². The third-order valence-corrected chi connectivity index (χ3v) is 6.57. The maximum atomic E-state index is 12.7. The summed E-state index contributed by atoms with van der Waals surface area (Å²) in [7, 11) is 0.